The van der Waals surface area contributed by atoms with Gasteiger partial charge in [-0.3, -0.25) is 9.80 Å². The molecule has 1 heterocycles. The molecule has 0 aliphatic carbocycles. The molecule has 1 fully saturated rings. The van der Waals surface area contributed by atoms with Crippen molar-refractivity contribution in [1.82, 2.24) is 9.80 Å². The van der Waals surface area contributed by atoms with E-state index in [1.165, 1.54) is 0 Å². The maximum atomic E-state index is 9.87. The highest BCUT2D eigenvalue weighted by atomic mass is 16.5. The van der Waals surface area contributed by atoms with Crippen LogP contribution in [-0.4, -0.2) is 64.4 Å². The minimum Gasteiger partial charge on any atom is -0.493 e. The Morgan fingerprint density at radius 2 is 0.969 bits per heavy atom. The van der Waals surface area contributed by atoms with Gasteiger partial charge in [-0.05, 0) is 35.4 Å². The summed E-state index contributed by atoms with van der Waals surface area (Å²) in [4.78, 5) is 4.25. The molecule has 168 valence electrons. The number of rotatable bonds is 8. The molecule has 2 atom stereocenters. The summed E-state index contributed by atoms with van der Waals surface area (Å²) in [6, 6.07) is 15.1. The van der Waals surface area contributed by atoms with Crippen molar-refractivity contribution >= 4 is 0 Å². The Hall–Kier alpha value is -3.46. The first-order valence-electron chi connectivity index (χ1n) is 10.3. The van der Waals surface area contributed by atoms with Crippen LogP contribution in [0.4, 0.5) is 0 Å². The summed E-state index contributed by atoms with van der Waals surface area (Å²) in [6.07, 6.45) is 0. The van der Waals surface area contributed by atoms with E-state index in [4.69, 9.17) is 18.9 Å². The fourth-order valence-corrected chi connectivity index (χ4v) is 4.03. The zero-order chi connectivity index (χ0) is 23.1. The van der Waals surface area contributed by atoms with Crippen LogP contribution in [0.15, 0.2) is 36.4 Å². The molecular weight excluding hydrogens is 408 g/mol. The van der Waals surface area contributed by atoms with Crippen molar-refractivity contribution in [3.63, 3.8) is 0 Å². The van der Waals surface area contributed by atoms with E-state index in [-0.39, 0.29) is 0 Å². The third-order valence-corrected chi connectivity index (χ3v) is 5.77. The second kappa shape index (κ2) is 10.7. The zero-order valence-electron chi connectivity index (χ0n) is 18.9. The molecule has 0 N–H and O–H groups in total. The molecule has 2 aromatic rings. The van der Waals surface area contributed by atoms with E-state index in [9.17, 15) is 10.5 Å². The Morgan fingerprint density at radius 1 is 0.625 bits per heavy atom. The van der Waals surface area contributed by atoms with E-state index in [0.717, 1.165) is 11.1 Å². The topological polar surface area (TPSA) is 91.0 Å². The lowest BCUT2D eigenvalue weighted by Gasteiger charge is -2.39. The Labute approximate surface area is 189 Å². The number of nitrogens with zero attached hydrogens (tertiary/aromatic N) is 4. The van der Waals surface area contributed by atoms with Gasteiger partial charge in [0, 0.05) is 26.2 Å². The van der Waals surface area contributed by atoms with Crippen LogP contribution in [0.25, 0.3) is 0 Å². The number of benzene rings is 2. The highest BCUT2D eigenvalue weighted by Crippen LogP contribution is 2.34. The molecule has 8 nitrogen and oxygen atoms in total. The number of hydrogen-bond acceptors (Lipinski definition) is 8. The number of nitriles is 2. The maximum absolute atomic E-state index is 9.87. The van der Waals surface area contributed by atoms with Crippen molar-refractivity contribution < 1.29 is 18.9 Å². The van der Waals surface area contributed by atoms with Gasteiger partial charge in [0.1, 0.15) is 12.1 Å². The number of piperazine rings is 1. The SMILES string of the molecule is COc1ccc(C(C#N)N2CCN(C(C#N)c3ccc(OC)c(OC)c3)CC2)cc1OC. The average molecular weight is 437 g/mol. The summed E-state index contributed by atoms with van der Waals surface area (Å²) in [6.45, 7) is 2.66. The summed E-state index contributed by atoms with van der Waals surface area (Å²) in [5.74, 6) is 2.46. The largest absolute Gasteiger partial charge is 0.493 e. The van der Waals surface area contributed by atoms with Crippen LogP contribution >= 0.6 is 0 Å². The molecule has 32 heavy (non-hydrogen) atoms. The quantitative estimate of drug-likeness (QED) is 0.623. The minimum atomic E-state index is -0.404. The van der Waals surface area contributed by atoms with Gasteiger partial charge >= 0.3 is 0 Å². The van der Waals surface area contributed by atoms with Crippen molar-refractivity contribution in [2.24, 2.45) is 0 Å². The van der Waals surface area contributed by atoms with Gasteiger partial charge in [-0.25, -0.2) is 0 Å². The second-order valence-corrected chi connectivity index (χ2v) is 7.36. The summed E-state index contributed by atoms with van der Waals surface area (Å²) in [7, 11) is 6.33. The highest BCUT2D eigenvalue weighted by Gasteiger charge is 2.30. The normalized spacial score (nSPS) is 16.3. The van der Waals surface area contributed by atoms with E-state index in [0.29, 0.717) is 49.2 Å². The summed E-state index contributed by atoms with van der Waals surface area (Å²) >= 11 is 0. The van der Waals surface area contributed by atoms with Gasteiger partial charge in [-0.2, -0.15) is 10.5 Å². The Morgan fingerprint density at radius 3 is 1.25 bits per heavy atom. The number of hydrogen-bond donors (Lipinski definition) is 0. The van der Waals surface area contributed by atoms with Crippen LogP contribution in [0.3, 0.4) is 0 Å². The molecule has 1 aliphatic rings. The Balaban J connectivity index is 1.73. The van der Waals surface area contributed by atoms with Gasteiger partial charge in [0.25, 0.3) is 0 Å². The number of ether oxygens (including phenoxy) is 4. The Bertz CT molecular complexity index is 925. The van der Waals surface area contributed by atoms with E-state index in [1.54, 1.807) is 28.4 Å². The first kappa shape index (κ1) is 23.2. The zero-order valence-corrected chi connectivity index (χ0v) is 18.9. The molecule has 0 aromatic heterocycles. The van der Waals surface area contributed by atoms with Crippen LogP contribution in [0.5, 0.6) is 23.0 Å². The molecule has 2 unspecified atom stereocenters. The van der Waals surface area contributed by atoms with Crippen molar-refractivity contribution in [2.45, 2.75) is 12.1 Å². The first-order valence-corrected chi connectivity index (χ1v) is 10.3. The summed E-state index contributed by atoms with van der Waals surface area (Å²) in [5, 5.41) is 19.7. The van der Waals surface area contributed by atoms with E-state index in [2.05, 4.69) is 21.9 Å². The van der Waals surface area contributed by atoms with Crippen LogP contribution in [0.2, 0.25) is 0 Å². The first-order chi connectivity index (χ1) is 15.6. The third kappa shape index (κ3) is 4.72. The van der Waals surface area contributed by atoms with Gasteiger partial charge in [0.15, 0.2) is 23.0 Å². The molecule has 2 aromatic carbocycles. The fourth-order valence-electron chi connectivity index (χ4n) is 4.03. The third-order valence-electron chi connectivity index (χ3n) is 5.77. The van der Waals surface area contributed by atoms with Crippen LogP contribution in [0, 0.1) is 22.7 Å². The molecule has 1 saturated heterocycles. The molecule has 3 rings (SSSR count). The Kier molecular flexibility index (Phi) is 7.77. The van der Waals surface area contributed by atoms with Gasteiger partial charge in [0.2, 0.25) is 0 Å². The lowest BCUT2D eigenvalue weighted by molar-refractivity contribution is 0.0977. The molecular formula is C24H28N4O4. The minimum absolute atomic E-state index is 0.404. The molecule has 1 aliphatic heterocycles. The second-order valence-electron chi connectivity index (χ2n) is 7.36. The molecule has 0 bridgehead atoms. The van der Waals surface area contributed by atoms with Crippen molar-refractivity contribution in [3.8, 4) is 35.1 Å². The molecule has 0 saturated carbocycles. The van der Waals surface area contributed by atoms with Gasteiger partial charge in [-0.15, -0.1) is 0 Å². The molecule has 8 heteroatoms. The smallest absolute Gasteiger partial charge is 0.161 e. The van der Waals surface area contributed by atoms with E-state index >= 15 is 0 Å². The van der Waals surface area contributed by atoms with Crippen molar-refractivity contribution in [1.29, 1.82) is 10.5 Å². The van der Waals surface area contributed by atoms with Gasteiger partial charge in [-0.1, -0.05) is 12.1 Å². The monoisotopic (exact) mass is 436 g/mol. The van der Waals surface area contributed by atoms with Crippen LogP contribution < -0.4 is 18.9 Å². The lowest BCUT2D eigenvalue weighted by Crippen LogP contribution is -2.48. The van der Waals surface area contributed by atoms with Crippen molar-refractivity contribution in [3.05, 3.63) is 47.5 Å². The predicted molar refractivity (Wildman–Crippen MR) is 119 cm³/mol. The molecule has 0 amide bonds. The van der Waals surface area contributed by atoms with Gasteiger partial charge in [0.05, 0.1) is 40.6 Å². The van der Waals surface area contributed by atoms with E-state index < -0.39 is 12.1 Å². The van der Waals surface area contributed by atoms with E-state index in [1.807, 2.05) is 36.4 Å². The van der Waals surface area contributed by atoms with Crippen molar-refractivity contribution in [2.75, 3.05) is 54.6 Å². The summed E-state index contributed by atoms with van der Waals surface area (Å²) < 4.78 is 21.4. The van der Waals surface area contributed by atoms with Crippen LogP contribution in [-0.2, 0) is 0 Å². The standard InChI is InChI=1S/C24H28N4O4/c1-29-21-7-5-17(13-23(21)31-3)19(15-25)27-9-11-28(12-10-27)20(16-26)18-6-8-22(30-2)24(14-18)32-4/h5-8,13-14,19-20H,9-12H2,1-4H3. The predicted octanol–water partition coefficient (Wildman–Crippen LogP) is 3.17. The maximum Gasteiger partial charge on any atom is 0.161 e. The molecule has 0 spiro atoms. The highest BCUT2D eigenvalue weighted by molar-refractivity contribution is 5.46. The average Bonchev–Trinajstić information content (AvgIpc) is 2.85. The molecule has 0 radical (unpaired) electrons. The van der Waals surface area contributed by atoms with Gasteiger partial charge < -0.3 is 18.9 Å². The lowest BCUT2D eigenvalue weighted by atomic mass is 10.0. The summed E-state index contributed by atoms with van der Waals surface area (Å²) in [5.41, 5.74) is 1.71. The van der Waals surface area contributed by atoms with Crippen LogP contribution in [0.1, 0.15) is 23.2 Å². The fraction of sp³-hybridized carbons (Fsp3) is 0.417. The number of methoxy groups -OCH3 is 4.